The summed E-state index contributed by atoms with van der Waals surface area (Å²) >= 11 is 0. The van der Waals surface area contributed by atoms with Crippen molar-refractivity contribution in [1.82, 2.24) is 4.98 Å². The maximum absolute atomic E-state index is 13.0. The lowest BCUT2D eigenvalue weighted by molar-refractivity contribution is 0.624. The van der Waals surface area contributed by atoms with Gasteiger partial charge in [0.2, 0.25) is 0 Å². The number of rotatable bonds is 3. The molecule has 0 aliphatic heterocycles. The Morgan fingerprint density at radius 3 is 2.75 bits per heavy atom. The second-order valence-corrected chi connectivity index (χ2v) is 3.66. The van der Waals surface area contributed by atoms with Gasteiger partial charge in [-0.25, -0.2) is 4.39 Å². The summed E-state index contributed by atoms with van der Waals surface area (Å²) in [6, 6.07) is 8.62. The molecule has 0 spiro atoms. The molecule has 3 heteroatoms. The van der Waals surface area contributed by atoms with Crippen LogP contribution in [0.3, 0.4) is 0 Å². The van der Waals surface area contributed by atoms with E-state index in [9.17, 15) is 4.39 Å². The quantitative estimate of drug-likeness (QED) is 0.854. The van der Waals surface area contributed by atoms with Gasteiger partial charge in [-0.15, -0.1) is 0 Å². The van der Waals surface area contributed by atoms with Crippen molar-refractivity contribution < 1.29 is 4.39 Å². The third-order valence-electron chi connectivity index (χ3n) is 2.51. The normalized spacial score (nSPS) is 10.4. The summed E-state index contributed by atoms with van der Waals surface area (Å²) < 4.78 is 13.0. The Labute approximate surface area is 93.9 Å². The van der Waals surface area contributed by atoms with Crippen LogP contribution in [0.25, 0.3) is 0 Å². The molecule has 0 saturated carbocycles. The Morgan fingerprint density at radius 1 is 1.19 bits per heavy atom. The van der Waals surface area contributed by atoms with Gasteiger partial charge in [0.05, 0.1) is 0 Å². The average Bonchev–Trinajstić information content (AvgIpc) is 2.33. The van der Waals surface area contributed by atoms with E-state index >= 15 is 0 Å². The number of hydrogen-bond donors (Lipinski definition) is 1. The molecule has 0 unspecified atom stereocenters. The van der Waals surface area contributed by atoms with E-state index in [1.54, 1.807) is 12.3 Å². The van der Waals surface area contributed by atoms with Crippen LogP contribution in [0.1, 0.15) is 16.7 Å². The van der Waals surface area contributed by atoms with Crippen LogP contribution >= 0.6 is 0 Å². The Balaban J connectivity index is 2.28. The van der Waals surface area contributed by atoms with Crippen LogP contribution in [0.2, 0.25) is 0 Å². The molecule has 0 radical (unpaired) electrons. The molecule has 0 saturated heterocycles. The van der Waals surface area contributed by atoms with Crippen molar-refractivity contribution in [2.45, 2.75) is 13.0 Å². The summed E-state index contributed by atoms with van der Waals surface area (Å²) in [5.74, 6) is -0.240. The fourth-order valence-corrected chi connectivity index (χ4v) is 1.68. The molecule has 2 nitrogen and oxygen atoms in total. The van der Waals surface area contributed by atoms with E-state index < -0.39 is 0 Å². The lowest BCUT2D eigenvalue weighted by Crippen LogP contribution is -2.03. The molecular weight excluding hydrogens is 203 g/mol. The van der Waals surface area contributed by atoms with E-state index in [4.69, 9.17) is 5.73 Å². The van der Waals surface area contributed by atoms with Gasteiger partial charge in [0.1, 0.15) is 5.82 Å². The smallest absolute Gasteiger partial charge is 0.123 e. The highest BCUT2D eigenvalue weighted by atomic mass is 19.1. The van der Waals surface area contributed by atoms with Crippen LogP contribution in [-0.4, -0.2) is 4.98 Å². The topological polar surface area (TPSA) is 38.9 Å². The minimum Gasteiger partial charge on any atom is -0.326 e. The fourth-order valence-electron chi connectivity index (χ4n) is 1.68. The average molecular weight is 216 g/mol. The number of aromatic nitrogens is 1. The van der Waals surface area contributed by atoms with E-state index in [1.165, 1.54) is 12.1 Å². The Morgan fingerprint density at radius 2 is 2.06 bits per heavy atom. The predicted molar refractivity (Wildman–Crippen MR) is 61.3 cm³/mol. The third-order valence-corrected chi connectivity index (χ3v) is 2.51. The number of benzene rings is 1. The largest absolute Gasteiger partial charge is 0.326 e. The molecule has 2 aromatic rings. The molecule has 0 atom stereocenters. The third kappa shape index (κ3) is 2.44. The summed E-state index contributed by atoms with van der Waals surface area (Å²) in [7, 11) is 0. The molecule has 2 N–H and O–H groups in total. The minimum atomic E-state index is -0.240. The van der Waals surface area contributed by atoms with Crippen molar-refractivity contribution in [3.05, 3.63) is 65.2 Å². The maximum Gasteiger partial charge on any atom is 0.123 e. The Bertz CT molecular complexity index is 469. The first kappa shape index (κ1) is 10.8. The summed E-state index contributed by atoms with van der Waals surface area (Å²) in [5, 5.41) is 0. The van der Waals surface area contributed by atoms with E-state index in [0.717, 1.165) is 23.1 Å². The van der Waals surface area contributed by atoms with Crippen molar-refractivity contribution in [3.8, 4) is 0 Å². The number of halogens is 1. The summed E-state index contributed by atoms with van der Waals surface area (Å²) in [4.78, 5) is 4.05. The van der Waals surface area contributed by atoms with Gasteiger partial charge < -0.3 is 5.73 Å². The second-order valence-electron chi connectivity index (χ2n) is 3.66. The second kappa shape index (κ2) is 4.86. The zero-order valence-corrected chi connectivity index (χ0v) is 8.86. The number of nitrogens with two attached hydrogens (primary N) is 1. The number of pyridine rings is 1. The summed E-state index contributed by atoms with van der Waals surface area (Å²) in [6.07, 6.45) is 4.28. The first-order valence-corrected chi connectivity index (χ1v) is 5.16. The molecule has 82 valence electrons. The predicted octanol–water partition coefficient (Wildman–Crippen LogP) is 2.27. The lowest BCUT2D eigenvalue weighted by Gasteiger charge is -2.07. The minimum absolute atomic E-state index is 0.240. The van der Waals surface area contributed by atoms with Gasteiger partial charge in [0.25, 0.3) is 0 Å². The zero-order valence-electron chi connectivity index (χ0n) is 8.86. The van der Waals surface area contributed by atoms with Crippen LogP contribution < -0.4 is 5.73 Å². The standard InChI is InChI=1S/C13H13FN2/c14-13-4-3-11(12(7-13)8-15)6-10-2-1-5-16-9-10/h1-5,7,9H,6,8,15H2. The van der Waals surface area contributed by atoms with Gasteiger partial charge in [-0.05, 0) is 41.3 Å². The molecule has 0 fully saturated rings. The fraction of sp³-hybridized carbons (Fsp3) is 0.154. The van der Waals surface area contributed by atoms with E-state index in [1.807, 2.05) is 18.3 Å². The first-order valence-electron chi connectivity index (χ1n) is 5.16. The van der Waals surface area contributed by atoms with Crippen molar-refractivity contribution in [2.75, 3.05) is 0 Å². The highest BCUT2D eigenvalue weighted by molar-refractivity contribution is 5.32. The van der Waals surface area contributed by atoms with Crippen molar-refractivity contribution >= 4 is 0 Å². The molecule has 0 bridgehead atoms. The molecule has 1 aromatic carbocycles. The highest BCUT2D eigenvalue weighted by Gasteiger charge is 2.03. The van der Waals surface area contributed by atoms with Crippen LogP contribution in [0.5, 0.6) is 0 Å². The Hall–Kier alpha value is -1.74. The number of hydrogen-bond acceptors (Lipinski definition) is 2. The summed E-state index contributed by atoms with van der Waals surface area (Å²) in [5.41, 5.74) is 8.60. The van der Waals surface area contributed by atoms with Gasteiger partial charge in [-0.2, -0.15) is 0 Å². The zero-order chi connectivity index (χ0) is 11.4. The monoisotopic (exact) mass is 216 g/mol. The molecule has 1 heterocycles. The van der Waals surface area contributed by atoms with Crippen molar-refractivity contribution in [2.24, 2.45) is 5.73 Å². The molecule has 0 aliphatic rings. The van der Waals surface area contributed by atoms with Crippen LogP contribution in [0.4, 0.5) is 4.39 Å². The van der Waals surface area contributed by atoms with Crippen molar-refractivity contribution in [3.63, 3.8) is 0 Å². The van der Waals surface area contributed by atoms with Crippen LogP contribution in [0.15, 0.2) is 42.7 Å². The van der Waals surface area contributed by atoms with Gasteiger partial charge in [-0.3, -0.25) is 4.98 Å². The maximum atomic E-state index is 13.0. The lowest BCUT2D eigenvalue weighted by atomic mass is 10.0. The SMILES string of the molecule is NCc1cc(F)ccc1Cc1cccnc1. The highest BCUT2D eigenvalue weighted by Crippen LogP contribution is 2.15. The summed E-state index contributed by atoms with van der Waals surface area (Å²) in [6.45, 7) is 0.355. The Kier molecular flexibility index (Phi) is 3.27. The molecule has 2 rings (SSSR count). The van der Waals surface area contributed by atoms with Crippen molar-refractivity contribution in [1.29, 1.82) is 0 Å². The molecule has 0 amide bonds. The van der Waals surface area contributed by atoms with Gasteiger partial charge >= 0.3 is 0 Å². The van der Waals surface area contributed by atoms with Gasteiger partial charge in [0, 0.05) is 18.9 Å². The van der Waals surface area contributed by atoms with E-state index in [-0.39, 0.29) is 5.82 Å². The van der Waals surface area contributed by atoms with E-state index in [0.29, 0.717) is 6.54 Å². The van der Waals surface area contributed by atoms with E-state index in [2.05, 4.69) is 4.98 Å². The molecule has 0 aliphatic carbocycles. The molecular formula is C13H13FN2. The van der Waals surface area contributed by atoms with Gasteiger partial charge in [-0.1, -0.05) is 12.1 Å². The van der Waals surface area contributed by atoms with Gasteiger partial charge in [0.15, 0.2) is 0 Å². The molecule has 1 aromatic heterocycles. The first-order chi connectivity index (χ1) is 7.79. The molecule has 16 heavy (non-hydrogen) atoms. The number of nitrogens with zero attached hydrogens (tertiary/aromatic N) is 1. The van der Waals surface area contributed by atoms with Crippen LogP contribution in [0, 0.1) is 5.82 Å². The van der Waals surface area contributed by atoms with Crippen LogP contribution in [-0.2, 0) is 13.0 Å².